The molecule has 1 amide bonds. The maximum atomic E-state index is 12.8. The van der Waals surface area contributed by atoms with E-state index in [-0.39, 0.29) is 31.7 Å². The molecule has 0 aliphatic heterocycles. The number of carbonyl (C=O) groups is 1. The molecule has 1 N–H and O–H groups in total. The van der Waals surface area contributed by atoms with E-state index in [4.69, 9.17) is 14.2 Å². The van der Waals surface area contributed by atoms with Gasteiger partial charge in [0.1, 0.15) is 35.6 Å². The molecule has 2 aromatic carbocycles. The van der Waals surface area contributed by atoms with E-state index in [0.717, 1.165) is 29.5 Å². The minimum atomic E-state index is -0.558. The Kier molecular flexibility index (Phi) is 10.5. The highest BCUT2D eigenvalue weighted by Crippen LogP contribution is 2.33. The van der Waals surface area contributed by atoms with Gasteiger partial charge >= 0.3 is 6.09 Å². The molecule has 0 bridgehead atoms. The van der Waals surface area contributed by atoms with Crippen molar-refractivity contribution in [3.05, 3.63) is 66.2 Å². The second-order valence-corrected chi connectivity index (χ2v) is 11.6. The first-order valence-corrected chi connectivity index (χ1v) is 14.3. The zero-order valence-corrected chi connectivity index (χ0v) is 26.9. The number of benzene rings is 2. The van der Waals surface area contributed by atoms with Crippen LogP contribution in [-0.4, -0.2) is 66.0 Å². The summed E-state index contributed by atoms with van der Waals surface area (Å²) in [4.78, 5) is 23.6. The van der Waals surface area contributed by atoms with Crippen molar-refractivity contribution in [3.8, 4) is 28.7 Å². The van der Waals surface area contributed by atoms with Crippen molar-refractivity contribution in [1.29, 1.82) is 5.26 Å². The van der Waals surface area contributed by atoms with Crippen molar-refractivity contribution in [2.45, 2.75) is 71.4 Å². The molecule has 0 saturated heterocycles. The first-order chi connectivity index (χ1) is 21.1. The molecule has 1 aliphatic carbocycles. The molecule has 0 spiro atoms. The van der Waals surface area contributed by atoms with E-state index in [1.165, 1.54) is 6.33 Å². The van der Waals surface area contributed by atoms with Gasteiger partial charge in [-0.05, 0) is 86.4 Å². The van der Waals surface area contributed by atoms with Crippen molar-refractivity contribution >= 4 is 31.2 Å². The summed E-state index contributed by atoms with van der Waals surface area (Å²) in [5.74, 6) is 1.43. The number of nitrogens with one attached hydrogen (secondary N) is 1. The van der Waals surface area contributed by atoms with Crippen LogP contribution in [0.1, 0.15) is 51.7 Å². The zero-order chi connectivity index (χ0) is 31.3. The summed E-state index contributed by atoms with van der Waals surface area (Å²) in [6.07, 6.45) is 6.25. The molecule has 1 atom stereocenters. The SMILES string of the molecule is COc1cc(CN(C(=O)OC(C)(C)C)C2CC2)ccc1Nc1ncc(-c2ccc(C#N)c(O[C@@H](C)Cn3cnnn3)c2)cn1.S. The van der Waals surface area contributed by atoms with Gasteiger partial charge in [-0.1, -0.05) is 12.1 Å². The lowest BCUT2D eigenvalue weighted by Crippen LogP contribution is -2.37. The fraction of sp³-hybridized carbons (Fsp3) is 0.387. The Hall–Kier alpha value is -4.90. The third-order valence-electron chi connectivity index (χ3n) is 6.73. The van der Waals surface area contributed by atoms with E-state index in [0.29, 0.717) is 41.8 Å². The second-order valence-electron chi connectivity index (χ2n) is 11.6. The van der Waals surface area contributed by atoms with Crippen LogP contribution >= 0.6 is 13.5 Å². The van der Waals surface area contributed by atoms with Crippen LogP contribution in [0.3, 0.4) is 0 Å². The summed E-state index contributed by atoms with van der Waals surface area (Å²) in [5.41, 5.74) is 3.02. The Labute approximate surface area is 269 Å². The number of hydrogen-bond acceptors (Lipinski definition) is 11. The number of rotatable bonds is 11. The van der Waals surface area contributed by atoms with Gasteiger partial charge in [0.05, 0.1) is 24.9 Å². The number of hydrogen-bond donors (Lipinski definition) is 1. The van der Waals surface area contributed by atoms with Crippen LogP contribution in [-0.2, 0) is 17.8 Å². The summed E-state index contributed by atoms with van der Waals surface area (Å²) in [7, 11) is 1.59. The minimum Gasteiger partial charge on any atom is -0.495 e. The van der Waals surface area contributed by atoms with Crippen LogP contribution in [0.25, 0.3) is 11.1 Å². The second kappa shape index (κ2) is 14.3. The molecule has 45 heavy (non-hydrogen) atoms. The first kappa shape index (κ1) is 33.0. The number of carbonyl (C=O) groups excluding carboxylic acids is 1. The van der Waals surface area contributed by atoms with Gasteiger partial charge in [-0.15, -0.1) is 5.10 Å². The highest BCUT2D eigenvalue weighted by molar-refractivity contribution is 7.59. The number of nitrogens with zero attached hydrogens (tertiary/aromatic N) is 8. The third-order valence-corrected chi connectivity index (χ3v) is 6.73. The summed E-state index contributed by atoms with van der Waals surface area (Å²) < 4.78 is 18.9. The van der Waals surface area contributed by atoms with Gasteiger partial charge in [0, 0.05) is 30.5 Å². The van der Waals surface area contributed by atoms with E-state index in [9.17, 15) is 10.1 Å². The Morgan fingerprint density at radius 2 is 1.89 bits per heavy atom. The largest absolute Gasteiger partial charge is 0.495 e. The lowest BCUT2D eigenvalue weighted by Gasteiger charge is -2.27. The molecule has 4 aromatic rings. The topological polar surface area (TPSA) is 153 Å². The predicted molar refractivity (Wildman–Crippen MR) is 172 cm³/mol. The Morgan fingerprint density at radius 1 is 1.13 bits per heavy atom. The van der Waals surface area contributed by atoms with Gasteiger partial charge in [0.2, 0.25) is 5.95 Å². The van der Waals surface area contributed by atoms with Gasteiger partial charge < -0.3 is 24.4 Å². The van der Waals surface area contributed by atoms with Crippen molar-refractivity contribution in [3.63, 3.8) is 0 Å². The number of methoxy groups -OCH3 is 1. The van der Waals surface area contributed by atoms with Crippen LogP contribution in [0.4, 0.5) is 16.4 Å². The molecule has 5 rings (SSSR count). The number of aromatic nitrogens is 6. The molecule has 1 fully saturated rings. The van der Waals surface area contributed by atoms with Gasteiger partial charge in [0.15, 0.2) is 0 Å². The van der Waals surface area contributed by atoms with Crippen LogP contribution in [0.2, 0.25) is 0 Å². The van der Waals surface area contributed by atoms with Gasteiger partial charge in [0.25, 0.3) is 0 Å². The summed E-state index contributed by atoms with van der Waals surface area (Å²) in [6.45, 7) is 8.34. The molecule has 236 valence electrons. The molecule has 2 heterocycles. The lowest BCUT2D eigenvalue weighted by atomic mass is 10.1. The van der Waals surface area contributed by atoms with Crippen molar-refractivity contribution < 1.29 is 19.0 Å². The average molecular weight is 632 g/mol. The maximum absolute atomic E-state index is 12.8. The van der Waals surface area contributed by atoms with Crippen LogP contribution < -0.4 is 14.8 Å². The molecule has 0 unspecified atom stereocenters. The molecule has 0 radical (unpaired) electrons. The third kappa shape index (κ3) is 8.82. The Bertz CT molecular complexity index is 1630. The first-order valence-electron chi connectivity index (χ1n) is 14.3. The fourth-order valence-corrected chi connectivity index (χ4v) is 4.52. The lowest BCUT2D eigenvalue weighted by molar-refractivity contribution is 0.0216. The number of ether oxygens (including phenoxy) is 3. The minimum absolute atomic E-state index is 0. The molecular weight excluding hydrogens is 594 g/mol. The van der Waals surface area contributed by atoms with E-state index in [2.05, 4.69) is 36.9 Å². The standard InChI is InChI=1S/C31H35N9O4.H2S/c1-20(17-39-19-35-37-38-39)43-27-13-22(7-8-23(27)14-32)24-15-33-29(34-16-24)36-26-11-6-21(12-28(26)42-5)18-40(25-9-10-25)30(41)44-31(2,3)4;/h6-8,11-13,15-16,19-20,25H,9-10,17-18H2,1-5H3,(H,33,34,36);1H2/t20-;/m0./s1. The van der Waals surface area contributed by atoms with E-state index >= 15 is 0 Å². The van der Waals surface area contributed by atoms with Crippen LogP contribution in [0.5, 0.6) is 11.5 Å². The van der Waals surface area contributed by atoms with Crippen molar-refractivity contribution in [2.75, 3.05) is 12.4 Å². The molecule has 1 aliphatic rings. The molecule has 13 nitrogen and oxygen atoms in total. The van der Waals surface area contributed by atoms with Gasteiger partial charge in [-0.25, -0.2) is 19.4 Å². The highest BCUT2D eigenvalue weighted by atomic mass is 32.1. The Balaban J connectivity index is 0.00000461. The summed E-state index contributed by atoms with van der Waals surface area (Å²) in [5, 5.41) is 23.9. The van der Waals surface area contributed by atoms with Gasteiger partial charge in [-0.3, -0.25) is 0 Å². The number of amides is 1. The zero-order valence-electron chi connectivity index (χ0n) is 25.9. The quantitative estimate of drug-likeness (QED) is 0.231. The monoisotopic (exact) mass is 631 g/mol. The van der Waals surface area contributed by atoms with E-state index < -0.39 is 5.60 Å². The normalized spacial score (nSPS) is 13.2. The smallest absolute Gasteiger partial charge is 0.410 e. The molecular formula is C31H37N9O4S. The fourth-order valence-electron chi connectivity index (χ4n) is 4.52. The highest BCUT2D eigenvalue weighted by Gasteiger charge is 2.35. The number of anilines is 2. The number of nitriles is 1. The average Bonchev–Trinajstić information content (AvgIpc) is 3.71. The van der Waals surface area contributed by atoms with Crippen molar-refractivity contribution in [2.24, 2.45) is 0 Å². The van der Waals surface area contributed by atoms with Crippen molar-refractivity contribution in [1.82, 2.24) is 35.1 Å². The molecule has 2 aromatic heterocycles. The summed E-state index contributed by atoms with van der Waals surface area (Å²) in [6, 6.07) is 13.4. The van der Waals surface area contributed by atoms with E-state index in [1.807, 2.05) is 52.0 Å². The van der Waals surface area contributed by atoms with Crippen LogP contribution in [0, 0.1) is 11.3 Å². The molecule has 14 heteroatoms. The number of tetrazole rings is 1. The summed E-state index contributed by atoms with van der Waals surface area (Å²) >= 11 is 0. The predicted octanol–water partition coefficient (Wildman–Crippen LogP) is 5.23. The molecule has 1 saturated carbocycles. The van der Waals surface area contributed by atoms with Gasteiger partial charge in [-0.2, -0.15) is 18.8 Å². The van der Waals surface area contributed by atoms with E-state index in [1.54, 1.807) is 41.2 Å². The van der Waals surface area contributed by atoms with Crippen LogP contribution in [0.15, 0.2) is 55.1 Å². The Morgan fingerprint density at radius 3 is 2.51 bits per heavy atom. The maximum Gasteiger partial charge on any atom is 0.410 e.